The molecule has 2 rings (SSSR count). The lowest BCUT2D eigenvalue weighted by Gasteiger charge is -2.21. The third-order valence-corrected chi connectivity index (χ3v) is 4.67. The minimum absolute atomic E-state index is 0.0921. The van der Waals surface area contributed by atoms with Crippen molar-refractivity contribution in [1.29, 1.82) is 0 Å². The van der Waals surface area contributed by atoms with E-state index in [0.717, 1.165) is 21.1 Å². The van der Waals surface area contributed by atoms with Crippen molar-refractivity contribution in [3.8, 4) is 5.75 Å². The highest BCUT2D eigenvalue weighted by Gasteiger charge is 2.18. The molecule has 0 aliphatic rings. The number of carbonyl (C=O) groups excluding carboxylic acids is 1. The highest BCUT2D eigenvalue weighted by atomic mass is 32.1. The minimum atomic E-state index is -0.179. The normalized spacial score (nSPS) is 12.0. The third-order valence-electron chi connectivity index (χ3n) is 3.42. The summed E-state index contributed by atoms with van der Waals surface area (Å²) in [6.45, 7) is 6.21. The average molecular weight is 319 g/mol. The molecule has 2 aromatic rings. The van der Waals surface area contributed by atoms with Crippen LogP contribution in [0, 0.1) is 13.8 Å². The Labute approximate surface area is 134 Å². The Bertz CT molecular complexity index is 669. The average Bonchev–Trinajstić information content (AvgIpc) is 2.80. The van der Waals surface area contributed by atoms with Crippen LogP contribution in [0.4, 0.5) is 4.79 Å². The number of nitrogens with zero attached hydrogens (tertiary/aromatic N) is 2. The second-order valence-electron chi connectivity index (χ2n) is 5.34. The number of phenolic OH excluding ortho intramolecular Hbond substituents is 1. The number of benzene rings is 1. The number of para-hydroxylation sites is 1. The van der Waals surface area contributed by atoms with E-state index in [2.05, 4.69) is 10.3 Å². The summed E-state index contributed by atoms with van der Waals surface area (Å²) in [5, 5.41) is 13.7. The van der Waals surface area contributed by atoms with Gasteiger partial charge in [-0.25, -0.2) is 9.78 Å². The zero-order valence-electron chi connectivity index (χ0n) is 13.3. The molecule has 0 saturated carbocycles. The van der Waals surface area contributed by atoms with E-state index >= 15 is 0 Å². The first-order valence-electron chi connectivity index (χ1n) is 7.11. The van der Waals surface area contributed by atoms with Gasteiger partial charge in [-0.05, 0) is 26.8 Å². The molecule has 0 spiro atoms. The molecule has 2 N–H and O–H groups in total. The van der Waals surface area contributed by atoms with Gasteiger partial charge >= 0.3 is 6.03 Å². The summed E-state index contributed by atoms with van der Waals surface area (Å²) in [6, 6.07) is 6.75. The van der Waals surface area contributed by atoms with Gasteiger partial charge in [0.05, 0.1) is 23.3 Å². The second kappa shape index (κ2) is 6.79. The molecule has 0 fully saturated rings. The van der Waals surface area contributed by atoms with Crippen molar-refractivity contribution in [2.75, 3.05) is 7.05 Å². The van der Waals surface area contributed by atoms with E-state index in [0.29, 0.717) is 6.54 Å². The van der Waals surface area contributed by atoms with Crippen LogP contribution in [0.1, 0.15) is 34.1 Å². The van der Waals surface area contributed by atoms with E-state index in [9.17, 15) is 9.90 Å². The fourth-order valence-electron chi connectivity index (χ4n) is 2.28. The molecule has 1 aromatic carbocycles. The van der Waals surface area contributed by atoms with E-state index in [4.69, 9.17) is 0 Å². The lowest BCUT2D eigenvalue weighted by atomic mass is 10.2. The molecule has 0 saturated heterocycles. The van der Waals surface area contributed by atoms with E-state index in [1.54, 1.807) is 41.5 Å². The number of aryl methyl sites for hydroxylation is 2. The zero-order valence-corrected chi connectivity index (χ0v) is 14.1. The van der Waals surface area contributed by atoms with Gasteiger partial charge in [0.2, 0.25) is 0 Å². The van der Waals surface area contributed by atoms with E-state index in [1.165, 1.54) is 0 Å². The summed E-state index contributed by atoms with van der Waals surface area (Å²) in [5.74, 6) is 0.198. The number of thiazole rings is 1. The highest BCUT2D eigenvalue weighted by molar-refractivity contribution is 7.11. The van der Waals surface area contributed by atoms with Crippen molar-refractivity contribution in [3.05, 3.63) is 45.4 Å². The molecule has 0 radical (unpaired) electrons. The van der Waals surface area contributed by atoms with Crippen molar-refractivity contribution in [1.82, 2.24) is 15.2 Å². The number of urea groups is 1. The molecule has 118 valence electrons. The van der Waals surface area contributed by atoms with Gasteiger partial charge in [-0.3, -0.25) is 0 Å². The van der Waals surface area contributed by atoms with Crippen LogP contribution >= 0.6 is 11.3 Å². The summed E-state index contributed by atoms with van der Waals surface area (Å²) in [5.41, 5.74) is 1.68. The molecule has 22 heavy (non-hydrogen) atoms. The fraction of sp³-hybridized carbons (Fsp3) is 0.375. The van der Waals surface area contributed by atoms with E-state index in [-0.39, 0.29) is 17.8 Å². The largest absolute Gasteiger partial charge is 0.508 e. The molecule has 2 amide bonds. The summed E-state index contributed by atoms with van der Waals surface area (Å²) >= 11 is 1.60. The van der Waals surface area contributed by atoms with Crippen LogP contribution in [0.3, 0.4) is 0 Å². The Morgan fingerprint density at radius 2 is 2.09 bits per heavy atom. The highest BCUT2D eigenvalue weighted by Crippen LogP contribution is 2.24. The van der Waals surface area contributed by atoms with Gasteiger partial charge in [0.25, 0.3) is 0 Å². The van der Waals surface area contributed by atoms with Crippen LogP contribution in [-0.4, -0.2) is 28.1 Å². The molecule has 0 aliphatic carbocycles. The first-order chi connectivity index (χ1) is 10.4. The molecule has 1 atom stereocenters. The molecule has 6 heteroatoms. The van der Waals surface area contributed by atoms with Gasteiger partial charge in [-0.2, -0.15) is 0 Å². The maximum atomic E-state index is 12.3. The Kier molecular flexibility index (Phi) is 5.03. The van der Waals surface area contributed by atoms with Crippen molar-refractivity contribution >= 4 is 17.4 Å². The molecular formula is C16H21N3O2S. The molecule has 1 heterocycles. The number of aromatic nitrogens is 1. The SMILES string of the molecule is Cc1nc(C)c([C@H](C)NC(=O)N(C)Cc2ccccc2O)s1. The molecule has 5 nitrogen and oxygen atoms in total. The van der Waals surface area contributed by atoms with Gasteiger partial charge < -0.3 is 15.3 Å². The van der Waals surface area contributed by atoms with Gasteiger partial charge in [0.1, 0.15) is 5.75 Å². The van der Waals surface area contributed by atoms with Crippen LogP contribution in [0.25, 0.3) is 0 Å². The van der Waals surface area contributed by atoms with E-state index in [1.807, 2.05) is 26.8 Å². The lowest BCUT2D eigenvalue weighted by Crippen LogP contribution is -2.38. The molecule has 0 bridgehead atoms. The Morgan fingerprint density at radius 3 is 2.68 bits per heavy atom. The standard InChI is InChI=1S/C16H21N3O2S/c1-10-15(22-12(3)17-10)11(2)18-16(21)19(4)9-13-7-5-6-8-14(13)20/h5-8,11,20H,9H2,1-4H3,(H,18,21)/t11-/m0/s1. The number of phenols is 1. The van der Waals surface area contributed by atoms with Crippen LogP contribution in [0.5, 0.6) is 5.75 Å². The zero-order chi connectivity index (χ0) is 16.3. The first kappa shape index (κ1) is 16.3. The van der Waals surface area contributed by atoms with E-state index < -0.39 is 0 Å². The van der Waals surface area contributed by atoms with Crippen LogP contribution in [0.15, 0.2) is 24.3 Å². The van der Waals surface area contributed by atoms with Gasteiger partial charge in [0, 0.05) is 17.5 Å². The Hall–Kier alpha value is -2.08. The Balaban J connectivity index is 1.99. The Morgan fingerprint density at radius 1 is 1.41 bits per heavy atom. The van der Waals surface area contributed by atoms with Crippen LogP contribution < -0.4 is 5.32 Å². The first-order valence-corrected chi connectivity index (χ1v) is 7.92. The van der Waals surface area contributed by atoms with Crippen LogP contribution in [-0.2, 0) is 6.54 Å². The molecule has 1 aromatic heterocycles. The maximum Gasteiger partial charge on any atom is 0.317 e. The molecule has 0 aliphatic heterocycles. The van der Waals surface area contributed by atoms with Gasteiger partial charge in [-0.1, -0.05) is 18.2 Å². The number of rotatable bonds is 4. The number of nitrogens with one attached hydrogen (secondary N) is 1. The third kappa shape index (κ3) is 3.76. The minimum Gasteiger partial charge on any atom is -0.508 e. The second-order valence-corrected chi connectivity index (χ2v) is 6.57. The monoisotopic (exact) mass is 319 g/mol. The van der Waals surface area contributed by atoms with Crippen LogP contribution in [0.2, 0.25) is 0 Å². The summed E-state index contributed by atoms with van der Waals surface area (Å²) in [6.07, 6.45) is 0. The van der Waals surface area contributed by atoms with Crippen molar-refractivity contribution in [2.45, 2.75) is 33.4 Å². The lowest BCUT2D eigenvalue weighted by molar-refractivity contribution is 0.203. The number of carbonyl (C=O) groups is 1. The maximum absolute atomic E-state index is 12.3. The van der Waals surface area contributed by atoms with Gasteiger partial charge in [0.15, 0.2) is 0 Å². The topological polar surface area (TPSA) is 65.5 Å². The number of hydrogen-bond acceptors (Lipinski definition) is 4. The van der Waals surface area contributed by atoms with Crippen molar-refractivity contribution in [2.24, 2.45) is 0 Å². The summed E-state index contributed by atoms with van der Waals surface area (Å²) in [4.78, 5) is 19.3. The van der Waals surface area contributed by atoms with Crippen molar-refractivity contribution in [3.63, 3.8) is 0 Å². The molecular weight excluding hydrogens is 298 g/mol. The number of hydrogen-bond donors (Lipinski definition) is 2. The molecule has 0 unspecified atom stereocenters. The smallest absolute Gasteiger partial charge is 0.317 e. The quantitative estimate of drug-likeness (QED) is 0.908. The van der Waals surface area contributed by atoms with Gasteiger partial charge in [-0.15, -0.1) is 11.3 Å². The summed E-state index contributed by atoms with van der Waals surface area (Å²) in [7, 11) is 1.71. The fourth-order valence-corrected chi connectivity index (χ4v) is 3.21. The number of amides is 2. The number of aromatic hydroxyl groups is 1. The predicted octanol–water partition coefficient (Wildman–Crippen LogP) is 3.37. The van der Waals surface area contributed by atoms with Crippen molar-refractivity contribution < 1.29 is 9.90 Å². The predicted molar refractivity (Wildman–Crippen MR) is 88.1 cm³/mol. The summed E-state index contributed by atoms with van der Waals surface area (Å²) < 4.78 is 0.